The van der Waals surface area contributed by atoms with E-state index in [1.165, 1.54) is 13.2 Å². The summed E-state index contributed by atoms with van der Waals surface area (Å²) in [5, 5.41) is 5.69. The van der Waals surface area contributed by atoms with E-state index in [1.807, 2.05) is 25.1 Å². The molecule has 0 unspecified atom stereocenters. The summed E-state index contributed by atoms with van der Waals surface area (Å²) in [6.07, 6.45) is 0. The number of hydrogen-bond acceptors (Lipinski definition) is 4. The predicted molar refractivity (Wildman–Crippen MR) is 100 cm³/mol. The van der Waals surface area contributed by atoms with Crippen LogP contribution < -0.4 is 10.6 Å². The van der Waals surface area contributed by atoms with Crippen molar-refractivity contribution in [2.75, 3.05) is 12.4 Å². The van der Waals surface area contributed by atoms with E-state index in [0.717, 1.165) is 15.7 Å². The second-order valence-corrected chi connectivity index (χ2v) is 6.23. The van der Waals surface area contributed by atoms with Crippen LogP contribution in [0.3, 0.4) is 0 Å². The number of esters is 1. The number of ether oxygens (including phenoxy) is 1. The molecule has 24 heavy (non-hydrogen) atoms. The lowest BCUT2D eigenvalue weighted by Crippen LogP contribution is -2.34. The molecule has 0 saturated heterocycles. The lowest BCUT2D eigenvalue weighted by atomic mass is 10.1. The number of aryl methyl sites for hydroxylation is 1. The largest absolute Gasteiger partial charge is 0.465 e. The Hall–Kier alpha value is -2.25. The van der Waals surface area contributed by atoms with Gasteiger partial charge in [-0.05, 0) is 71.0 Å². The van der Waals surface area contributed by atoms with Gasteiger partial charge in [-0.3, -0.25) is 10.1 Å². The summed E-state index contributed by atoms with van der Waals surface area (Å²) < 4.78 is 5.48. The molecular weight excluding hydrogens is 392 g/mol. The first-order valence-electron chi connectivity index (χ1n) is 6.97. The number of anilines is 1. The Balaban J connectivity index is 2.06. The van der Waals surface area contributed by atoms with Gasteiger partial charge in [0.25, 0.3) is 5.91 Å². The Morgan fingerprint density at radius 1 is 1.12 bits per heavy atom. The summed E-state index contributed by atoms with van der Waals surface area (Å²) >= 11 is 8.59. The van der Waals surface area contributed by atoms with Crippen molar-refractivity contribution in [1.82, 2.24) is 5.32 Å². The van der Waals surface area contributed by atoms with E-state index in [4.69, 9.17) is 12.2 Å². The third-order valence-corrected chi connectivity index (χ3v) is 4.01. The SMILES string of the molecule is COC(=O)c1cccc(C(=O)NC(=S)Nc2ccc(C)cc2Br)c1. The second kappa shape index (κ2) is 8.03. The molecule has 7 heteroatoms. The van der Waals surface area contributed by atoms with E-state index >= 15 is 0 Å². The Labute approximate surface area is 153 Å². The predicted octanol–water partition coefficient (Wildman–Crippen LogP) is 3.67. The van der Waals surface area contributed by atoms with Crippen molar-refractivity contribution < 1.29 is 14.3 Å². The number of carbonyl (C=O) groups excluding carboxylic acids is 2. The first-order chi connectivity index (χ1) is 11.4. The standard InChI is InChI=1S/C17H15BrN2O3S/c1-10-6-7-14(13(18)8-10)19-17(24)20-15(21)11-4-3-5-12(9-11)16(22)23-2/h3-9H,1-2H3,(H2,19,20,21,24). The van der Waals surface area contributed by atoms with Crippen LogP contribution in [-0.4, -0.2) is 24.1 Å². The third kappa shape index (κ3) is 4.62. The Kier molecular flexibility index (Phi) is 6.05. The number of rotatable bonds is 3. The van der Waals surface area contributed by atoms with Crippen LogP contribution in [0.5, 0.6) is 0 Å². The highest BCUT2D eigenvalue weighted by Crippen LogP contribution is 2.23. The average molecular weight is 407 g/mol. The number of nitrogens with one attached hydrogen (secondary N) is 2. The molecule has 2 aromatic carbocycles. The van der Waals surface area contributed by atoms with Crippen LogP contribution in [0.15, 0.2) is 46.9 Å². The molecule has 0 aliphatic heterocycles. The maximum Gasteiger partial charge on any atom is 0.337 e. The van der Waals surface area contributed by atoms with Gasteiger partial charge < -0.3 is 10.1 Å². The van der Waals surface area contributed by atoms with Crippen LogP contribution in [0.1, 0.15) is 26.3 Å². The van der Waals surface area contributed by atoms with Gasteiger partial charge in [0.15, 0.2) is 5.11 Å². The first-order valence-corrected chi connectivity index (χ1v) is 8.17. The van der Waals surface area contributed by atoms with Crippen molar-refractivity contribution in [3.63, 3.8) is 0 Å². The summed E-state index contributed by atoms with van der Waals surface area (Å²) in [6, 6.07) is 11.9. The van der Waals surface area contributed by atoms with Crippen molar-refractivity contribution in [2.45, 2.75) is 6.92 Å². The summed E-state index contributed by atoms with van der Waals surface area (Å²) in [7, 11) is 1.29. The zero-order chi connectivity index (χ0) is 17.7. The molecule has 0 atom stereocenters. The highest BCUT2D eigenvalue weighted by Gasteiger charge is 2.12. The van der Waals surface area contributed by atoms with Crippen LogP contribution in [0.25, 0.3) is 0 Å². The van der Waals surface area contributed by atoms with E-state index in [2.05, 4.69) is 31.3 Å². The monoisotopic (exact) mass is 406 g/mol. The number of carbonyl (C=O) groups is 2. The number of amides is 1. The van der Waals surface area contributed by atoms with Crippen molar-refractivity contribution in [3.05, 3.63) is 63.6 Å². The molecule has 0 heterocycles. The minimum Gasteiger partial charge on any atom is -0.465 e. The molecule has 5 nitrogen and oxygen atoms in total. The molecule has 2 rings (SSSR count). The van der Waals surface area contributed by atoms with Gasteiger partial charge in [0.05, 0.1) is 18.4 Å². The molecule has 0 aliphatic rings. The molecule has 124 valence electrons. The lowest BCUT2D eigenvalue weighted by Gasteiger charge is -2.12. The fourth-order valence-corrected chi connectivity index (χ4v) is 2.75. The molecule has 0 radical (unpaired) electrons. The van der Waals surface area contributed by atoms with Gasteiger partial charge in [0, 0.05) is 10.0 Å². The van der Waals surface area contributed by atoms with Gasteiger partial charge in [-0.25, -0.2) is 4.79 Å². The van der Waals surface area contributed by atoms with Crippen molar-refractivity contribution in [1.29, 1.82) is 0 Å². The maximum atomic E-state index is 12.2. The highest BCUT2D eigenvalue weighted by molar-refractivity contribution is 9.10. The Bertz CT molecular complexity index is 808. The minimum absolute atomic E-state index is 0.160. The number of hydrogen-bond donors (Lipinski definition) is 2. The van der Waals surface area contributed by atoms with Gasteiger partial charge in [0.2, 0.25) is 0 Å². The summed E-state index contributed by atoms with van der Waals surface area (Å²) in [6.45, 7) is 1.98. The Morgan fingerprint density at radius 2 is 1.83 bits per heavy atom. The minimum atomic E-state index is -0.506. The quantitative estimate of drug-likeness (QED) is 0.601. The second-order valence-electron chi connectivity index (χ2n) is 4.96. The number of halogens is 1. The summed E-state index contributed by atoms with van der Waals surface area (Å²) in [5.74, 6) is -0.921. The molecule has 0 aliphatic carbocycles. The van der Waals surface area contributed by atoms with Crippen LogP contribution in [-0.2, 0) is 4.74 Å². The molecule has 2 N–H and O–H groups in total. The van der Waals surface area contributed by atoms with Gasteiger partial charge in [-0.15, -0.1) is 0 Å². The molecule has 0 spiro atoms. The lowest BCUT2D eigenvalue weighted by molar-refractivity contribution is 0.0600. The van der Waals surface area contributed by atoms with Crippen LogP contribution in [0.4, 0.5) is 5.69 Å². The zero-order valence-corrected chi connectivity index (χ0v) is 15.5. The highest BCUT2D eigenvalue weighted by atomic mass is 79.9. The molecular formula is C17H15BrN2O3S. The van der Waals surface area contributed by atoms with E-state index in [1.54, 1.807) is 18.2 Å². The number of methoxy groups -OCH3 is 1. The normalized spacial score (nSPS) is 9.96. The van der Waals surface area contributed by atoms with Crippen LogP contribution >= 0.6 is 28.1 Å². The molecule has 0 fully saturated rings. The average Bonchev–Trinajstić information content (AvgIpc) is 2.56. The maximum absolute atomic E-state index is 12.2. The molecule has 0 aromatic heterocycles. The number of benzene rings is 2. The van der Waals surface area contributed by atoms with Gasteiger partial charge >= 0.3 is 5.97 Å². The van der Waals surface area contributed by atoms with E-state index in [9.17, 15) is 9.59 Å². The zero-order valence-electron chi connectivity index (χ0n) is 13.1. The fraction of sp³-hybridized carbons (Fsp3) is 0.118. The summed E-state index contributed by atoms with van der Waals surface area (Å²) in [5.41, 5.74) is 2.45. The Morgan fingerprint density at radius 3 is 2.50 bits per heavy atom. The van der Waals surface area contributed by atoms with Gasteiger partial charge in [-0.2, -0.15) is 0 Å². The first kappa shape index (κ1) is 18.1. The number of thiocarbonyl (C=S) groups is 1. The van der Waals surface area contributed by atoms with Crippen molar-refractivity contribution in [3.8, 4) is 0 Å². The van der Waals surface area contributed by atoms with E-state index in [0.29, 0.717) is 11.1 Å². The molecule has 0 saturated carbocycles. The van der Waals surface area contributed by atoms with Crippen LogP contribution in [0.2, 0.25) is 0 Å². The van der Waals surface area contributed by atoms with Crippen LogP contribution in [0, 0.1) is 6.92 Å². The van der Waals surface area contributed by atoms with E-state index < -0.39 is 11.9 Å². The molecule has 2 aromatic rings. The van der Waals surface area contributed by atoms with Crippen molar-refractivity contribution >= 4 is 50.8 Å². The smallest absolute Gasteiger partial charge is 0.337 e. The van der Waals surface area contributed by atoms with E-state index in [-0.39, 0.29) is 5.11 Å². The summed E-state index contributed by atoms with van der Waals surface area (Å²) in [4.78, 5) is 23.8. The third-order valence-electron chi connectivity index (χ3n) is 3.15. The topological polar surface area (TPSA) is 67.4 Å². The molecule has 0 bridgehead atoms. The van der Waals surface area contributed by atoms with Crippen molar-refractivity contribution in [2.24, 2.45) is 0 Å². The fourth-order valence-electron chi connectivity index (χ4n) is 1.96. The van der Waals surface area contributed by atoms with Gasteiger partial charge in [0.1, 0.15) is 0 Å². The van der Waals surface area contributed by atoms with Gasteiger partial charge in [-0.1, -0.05) is 12.1 Å². The molecule has 1 amide bonds.